The zero-order chi connectivity index (χ0) is 12.3. The molecule has 2 N–H and O–H groups in total. The van der Waals surface area contributed by atoms with E-state index < -0.39 is 24.3 Å². The lowest BCUT2D eigenvalue weighted by Gasteiger charge is -2.04. The number of nitrogens with zero attached hydrogens (tertiary/aromatic N) is 1. The number of anilines is 1. The number of Topliss-reactive ketones (excluding diaryl/α,β-unsaturated/α-hetero) is 1. The van der Waals surface area contributed by atoms with Crippen molar-refractivity contribution in [1.29, 1.82) is 0 Å². The van der Waals surface area contributed by atoms with Gasteiger partial charge < -0.3 is 5.32 Å². The Morgan fingerprint density at radius 3 is 2.56 bits per heavy atom. The van der Waals surface area contributed by atoms with Crippen LogP contribution in [0.5, 0.6) is 0 Å². The van der Waals surface area contributed by atoms with Crippen LogP contribution >= 0.6 is 0 Å². The summed E-state index contributed by atoms with van der Waals surface area (Å²) in [5.41, 5.74) is 0.637. The number of H-pyrrole nitrogens is 1. The third-order valence-corrected chi connectivity index (χ3v) is 1.61. The Bertz CT molecular complexity index is 411. The van der Waals surface area contributed by atoms with E-state index in [0.29, 0.717) is 5.69 Å². The number of halogens is 3. The van der Waals surface area contributed by atoms with Crippen molar-refractivity contribution >= 4 is 17.5 Å². The van der Waals surface area contributed by atoms with Crippen molar-refractivity contribution in [2.24, 2.45) is 0 Å². The first kappa shape index (κ1) is 12.2. The van der Waals surface area contributed by atoms with Crippen LogP contribution in [0.3, 0.4) is 0 Å². The number of amides is 1. The molecular weight excluding hydrogens is 227 g/mol. The van der Waals surface area contributed by atoms with Gasteiger partial charge in [0.15, 0.2) is 5.82 Å². The normalized spacial score (nSPS) is 11.2. The molecule has 16 heavy (non-hydrogen) atoms. The van der Waals surface area contributed by atoms with Gasteiger partial charge in [0.05, 0.1) is 6.42 Å². The third kappa shape index (κ3) is 3.37. The summed E-state index contributed by atoms with van der Waals surface area (Å²) >= 11 is 0. The van der Waals surface area contributed by atoms with Crippen molar-refractivity contribution in [3.63, 3.8) is 0 Å². The highest BCUT2D eigenvalue weighted by molar-refractivity contribution is 6.05. The first-order valence-corrected chi connectivity index (χ1v) is 4.21. The van der Waals surface area contributed by atoms with Crippen LogP contribution in [0, 0.1) is 6.92 Å². The molecular formula is C8H8F3N3O2. The molecule has 0 aliphatic heterocycles. The van der Waals surface area contributed by atoms with Crippen LogP contribution in [0.1, 0.15) is 12.1 Å². The first-order chi connectivity index (χ1) is 7.29. The fourth-order valence-corrected chi connectivity index (χ4v) is 0.915. The summed E-state index contributed by atoms with van der Waals surface area (Å²) in [6, 6.07) is 1.43. The van der Waals surface area contributed by atoms with Gasteiger partial charge in [-0.1, -0.05) is 0 Å². The number of hydrogen-bond acceptors (Lipinski definition) is 3. The molecule has 1 aromatic heterocycles. The molecule has 0 bridgehead atoms. The molecule has 0 saturated carbocycles. The minimum Gasteiger partial charge on any atom is -0.309 e. The molecule has 5 nitrogen and oxygen atoms in total. The second kappa shape index (κ2) is 4.33. The van der Waals surface area contributed by atoms with Crippen LogP contribution in [0.4, 0.5) is 19.0 Å². The number of hydrogen-bond donors (Lipinski definition) is 2. The SMILES string of the molecule is Cc1cc(NC(=O)CC(=O)C(F)(F)F)n[nH]1. The van der Waals surface area contributed by atoms with E-state index in [9.17, 15) is 22.8 Å². The van der Waals surface area contributed by atoms with Gasteiger partial charge >= 0.3 is 6.18 Å². The molecule has 88 valence electrons. The minimum absolute atomic E-state index is 0.0810. The van der Waals surface area contributed by atoms with Gasteiger partial charge in [-0.3, -0.25) is 14.7 Å². The molecule has 8 heteroatoms. The van der Waals surface area contributed by atoms with Crippen molar-refractivity contribution in [3.8, 4) is 0 Å². The largest absolute Gasteiger partial charge is 0.450 e. The number of carbonyl (C=O) groups is 2. The Morgan fingerprint density at radius 1 is 1.50 bits per heavy atom. The molecule has 0 fully saturated rings. The minimum atomic E-state index is -4.99. The van der Waals surface area contributed by atoms with Gasteiger partial charge in [0, 0.05) is 11.8 Å². The Hall–Kier alpha value is -1.86. The molecule has 1 heterocycles. The van der Waals surface area contributed by atoms with E-state index >= 15 is 0 Å². The fourth-order valence-electron chi connectivity index (χ4n) is 0.915. The quantitative estimate of drug-likeness (QED) is 0.772. The molecule has 0 atom stereocenters. The highest BCUT2D eigenvalue weighted by atomic mass is 19.4. The van der Waals surface area contributed by atoms with E-state index in [0.717, 1.165) is 0 Å². The monoisotopic (exact) mass is 235 g/mol. The first-order valence-electron chi connectivity index (χ1n) is 4.21. The lowest BCUT2D eigenvalue weighted by Crippen LogP contribution is -2.27. The van der Waals surface area contributed by atoms with Gasteiger partial charge in [-0.15, -0.1) is 0 Å². The smallest absolute Gasteiger partial charge is 0.309 e. The summed E-state index contributed by atoms with van der Waals surface area (Å²) in [7, 11) is 0. The second-order valence-corrected chi connectivity index (χ2v) is 3.08. The summed E-state index contributed by atoms with van der Waals surface area (Å²) in [4.78, 5) is 21.4. The number of nitrogens with one attached hydrogen (secondary N) is 2. The third-order valence-electron chi connectivity index (χ3n) is 1.61. The average molecular weight is 235 g/mol. The van der Waals surface area contributed by atoms with Crippen molar-refractivity contribution in [2.75, 3.05) is 5.32 Å². The maximum atomic E-state index is 11.8. The molecule has 0 aliphatic carbocycles. The van der Waals surface area contributed by atoms with Crippen molar-refractivity contribution in [2.45, 2.75) is 19.5 Å². The average Bonchev–Trinajstić information content (AvgIpc) is 2.49. The highest BCUT2D eigenvalue weighted by Crippen LogP contribution is 2.18. The van der Waals surface area contributed by atoms with Crippen LogP contribution in [0.15, 0.2) is 6.07 Å². The lowest BCUT2D eigenvalue weighted by atomic mass is 10.2. The van der Waals surface area contributed by atoms with Gasteiger partial charge in [-0.25, -0.2) is 0 Å². The van der Waals surface area contributed by atoms with E-state index in [1.165, 1.54) is 6.07 Å². The van der Waals surface area contributed by atoms with E-state index in [1.54, 1.807) is 6.92 Å². The van der Waals surface area contributed by atoms with Gasteiger partial charge in [0.1, 0.15) is 0 Å². The van der Waals surface area contributed by atoms with Gasteiger partial charge in [0.25, 0.3) is 0 Å². The topological polar surface area (TPSA) is 74.8 Å². The van der Waals surface area contributed by atoms with Gasteiger partial charge in [0.2, 0.25) is 11.7 Å². The van der Waals surface area contributed by atoms with Crippen molar-refractivity contribution in [3.05, 3.63) is 11.8 Å². The van der Waals surface area contributed by atoms with Crippen LogP contribution < -0.4 is 5.32 Å². The zero-order valence-electron chi connectivity index (χ0n) is 8.18. The summed E-state index contributed by atoms with van der Waals surface area (Å²) in [5.74, 6) is -3.05. The Balaban J connectivity index is 2.52. The molecule has 1 rings (SSSR count). The summed E-state index contributed by atoms with van der Waals surface area (Å²) in [5, 5.41) is 8.13. The Labute approximate surface area is 88.0 Å². The Morgan fingerprint density at radius 2 is 2.12 bits per heavy atom. The molecule has 0 aliphatic rings. The van der Waals surface area contributed by atoms with E-state index in [1.807, 2.05) is 0 Å². The lowest BCUT2D eigenvalue weighted by molar-refractivity contribution is -0.171. The summed E-state index contributed by atoms with van der Waals surface area (Å²) in [6.07, 6.45) is -6.23. The zero-order valence-corrected chi connectivity index (χ0v) is 8.18. The molecule has 0 aromatic carbocycles. The predicted octanol–water partition coefficient (Wildman–Crippen LogP) is 1.18. The Kier molecular flexibility index (Phi) is 3.31. The van der Waals surface area contributed by atoms with Crippen LogP contribution in [0.2, 0.25) is 0 Å². The van der Waals surface area contributed by atoms with Crippen LogP contribution in [0.25, 0.3) is 0 Å². The number of rotatable bonds is 3. The summed E-state index contributed by atoms with van der Waals surface area (Å²) in [6.45, 7) is 1.66. The van der Waals surface area contributed by atoms with Gasteiger partial charge in [-0.2, -0.15) is 18.3 Å². The molecule has 1 amide bonds. The summed E-state index contributed by atoms with van der Waals surface area (Å²) < 4.78 is 35.4. The van der Waals surface area contributed by atoms with Gasteiger partial charge in [-0.05, 0) is 6.92 Å². The maximum Gasteiger partial charge on any atom is 0.450 e. The van der Waals surface area contributed by atoms with Crippen molar-refractivity contribution < 1.29 is 22.8 Å². The number of carbonyl (C=O) groups excluding carboxylic acids is 2. The highest BCUT2D eigenvalue weighted by Gasteiger charge is 2.39. The predicted molar refractivity (Wildman–Crippen MR) is 47.6 cm³/mol. The number of ketones is 1. The number of alkyl halides is 3. The second-order valence-electron chi connectivity index (χ2n) is 3.08. The number of aromatic nitrogens is 2. The number of aromatic amines is 1. The fraction of sp³-hybridized carbons (Fsp3) is 0.375. The molecule has 0 unspecified atom stereocenters. The van der Waals surface area contributed by atoms with Crippen LogP contribution in [-0.2, 0) is 9.59 Å². The number of aryl methyl sites for hydroxylation is 1. The van der Waals surface area contributed by atoms with E-state index in [4.69, 9.17) is 0 Å². The molecule has 0 saturated heterocycles. The standard InChI is InChI=1S/C8H8F3N3O2/c1-4-2-6(14-13-4)12-7(16)3-5(15)8(9,10)11/h2H,3H2,1H3,(H2,12,13,14,16). The van der Waals surface area contributed by atoms with E-state index in [-0.39, 0.29) is 5.82 Å². The molecule has 0 spiro atoms. The molecule has 1 aromatic rings. The van der Waals surface area contributed by atoms with Crippen molar-refractivity contribution in [1.82, 2.24) is 10.2 Å². The molecule has 0 radical (unpaired) electrons. The van der Waals surface area contributed by atoms with Crippen LogP contribution in [-0.4, -0.2) is 28.1 Å². The van der Waals surface area contributed by atoms with E-state index in [2.05, 4.69) is 15.5 Å². The maximum absolute atomic E-state index is 11.8.